The molecule has 4 N–H and O–H groups in total. The van der Waals surface area contributed by atoms with Crippen LogP contribution < -0.4 is 16.4 Å². The van der Waals surface area contributed by atoms with Crippen LogP contribution in [0.25, 0.3) is 0 Å². The Kier molecular flexibility index (Phi) is 4.31. The summed E-state index contributed by atoms with van der Waals surface area (Å²) in [7, 11) is 0. The lowest BCUT2D eigenvalue weighted by atomic mass is 10.2. The molecule has 6 nitrogen and oxygen atoms in total. The van der Waals surface area contributed by atoms with Gasteiger partial charge in [-0.2, -0.15) is 0 Å². The van der Waals surface area contributed by atoms with Gasteiger partial charge in [0.05, 0.1) is 12.2 Å². The Bertz CT molecular complexity index is 639. The molecule has 0 saturated carbocycles. The highest BCUT2D eigenvalue weighted by Gasteiger charge is 2.07. The van der Waals surface area contributed by atoms with E-state index in [0.29, 0.717) is 22.9 Å². The summed E-state index contributed by atoms with van der Waals surface area (Å²) >= 11 is 1.33. The molecule has 2 aromatic rings. The first-order valence-electron chi connectivity index (χ1n) is 5.90. The fraction of sp³-hybridized carbons (Fsp3) is 0.154. The van der Waals surface area contributed by atoms with E-state index in [-0.39, 0.29) is 11.8 Å². The molecule has 0 aliphatic carbocycles. The number of benzene rings is 1. The topological polar surface area (TPSA) is 97.1 Å². The predicted molar refractivity (Wildman–Crippen MR) is 78.4 cm³/mol. The van der Waals surface area contributed by atoms with Crippen LogP contribution in [-0.2, 0) is 11.3 Å². The van der Waals surface area contributed by atoms with Crippen molar-refractivity contribution >= 4 is 34.0 Å². The van der Waals surface area contributed by atoms with E-state index in [1.54, 1.807) is 29.6 Å². The van der Waals surface area contributed by atoms with Gasteiger partial charge in [0.25, 0.3) is 5.91 Å². The van der Waals surface area contributed by atoms with E-state index in [9.17, 15) is 9.59 Å². The normalized spacial score (nSPS) is 10.1. The number of nitrogens with two attached hydrogens (primary N) is 1. The summed E-state index contributed by atoms with van der Waals surface area (Å²) in [6.45, 7) is 1.73. The van der Waals surface area contributed by atoms with Gasteiger partial charge >= 0.3 is 0 Å². The Morgan fingerprint density at radius 2 is 2.20 bits per heavy atom. The van der Waals surface area contributed by atoms with Gasteiger partial charge in [0.2, 0.25) is 5.91 Å². The molecule has 0 aliphatic heterocycles. The first kappa shape index (κ1) is 14.0. The number of nitrogens with one attached hydrogen (secondary N) is 2. The molecule has 20 heavy (non-hydrogen) atoms. The van der Waals surface area contributed by atoms with Gasteiger partial charge in [-0.15, -0.1) is 11.3 Å². The lowest BCUT2D eigenvalue weighted by Gasteiger charge is -2.06. The molecule has 1 heterocycles. The zero-order valence-electron chi connectivity index (χ0n) is 10.8. The van der Waals surface area contributed by atoms with E-state index in [1.807, 2.05) is 0 Å². The Morgan fingerprint density at radius 3 is 2.85 bits per heavy atom. The van der Waals surface area contributed by atoms with Crippen LogP contribution in [-0.4, -0.2) is 16.8 Å². The van der Waals surface area contributed by atoms with Crippen molar-refractivity contribution in [3.05, 3.63) is 40.9 Å². The Balaban J connectivity index is 1.99. The van der Waals surface area contributed by atoms with E-state index in [2.05, 4.69) is 15.6 Å². The molecule has 104 valence electrons. The molecule has 1 aromatic carbocycles. The van der Waals surface area contributed by atoms with Crippen molar-refractivity contribution in [1.29, 1.82) is 0 Å². The molecule has 7 heteroatoms. The molecular formula is C13H14N4O2S. The van der Waals surface area contributed by atoms with Crippen LogP contribution in [0.15, 0.2) is 29.6 Å². The number of hydrogen-bond acceptors (Lipinski definition) is 5. The van der Waals surface area contributed by atoms with Gasteiger partial charge in [-0.05, 0) is 18.2 Å². The predicted octanol–water partition coefficient (Wildman–Crippen LogP) is 1.61. The Labute approximate surface area is 120 Å². The number of carbonyl (C=O) groups excluding carboxylic acids is 2. The first-order valence-corrected chi connectivity index (χ1v) is 6.78. The molecule has 1 aromatic heterocycles. The third-order valence-corrected chi connectivity index (χ3v) is 3.17. The molecule has 0 saturated heterocycles. The summed E-state index contributed by atoms with van der Waals surface area (Å²) in [5.74, 6) is -0.413. The van der Waals surface area contributed by atoms with Gasteiger partial charge in [0, 0.05) is 23.6 Å². The standard InChI is InChI=1S/C13H14N4O2S/c1-8(18)16-10-4-2-3-9(5-10)12(19)15-6-11-7-20-13(14)17-11/h2-5,7H,6H2,1H3,(H2,14,17)(H,15,19)(H,16,18). The molecule has 2 rings (SSSR count). The molecular weight excluding hydrogens is 276 g/mol. The average molecular weight is 290 g/mol. The number of amides is 2. The number of rotatable bonds is 4. The van der Waals surface area contributed by atoms with Crippen molar-refractivity contribution in [2.45, 2.75) is 13.5 Å². The second-order valence-electron chi connectivity index (χ2n) is 4.12. The molecule has 0 atom stereocenters. The van der Waals surface area contributed by atoms with E-state index in [0.717, 1.165) is 5.69 Å². The summed E-state index contributed by atoms with van der Waals surface area (Å²) in [5.41, 5.74) is 7.30. The minimum absolute atomic E-state index is 0.180. The monoisotopic (exact) mass is 290 g/mol. The van der Waals surface area contributed by atoms with Crippen LogP contribution in [0.4, 0.5) is 10.8 Å². The van der Waals surface area contributed by atoms with E-state index < -0.39 is 0 Å². The highest BCUT2D eigenvalue weighted by molar-refractivity contribution is 7.13. The maximum atomic E-state index is 12.0. The zero-order chi connectivity index (χ0) is 14.5. The van der Waals surface area contributed by atoms with Crippen LogP contribution in [0.2, 0.25) is 0 Å². The van der Waals surface area contributed by atoms with Crippen molar-refractivity contribution in [3.63, 3.8) is 0 Å². The van der Waals surface area contributed by atoms with Gasteiger partial charge in [0.1, 0.15) is 0 Å². The Morgan fingerprint density at radius 1 is 1.40 bits per heavy atom. The molecule has 0 bridgehead atoms. The number of nitrogen functional groups attached to an aromatic ring is 1. The van der Waals surface area contributed by atoms with Crippen LogP contribution in [0.1, 0.15) is 23.0 Å². The maximum Gasteiger partial charge on any atom is 0.251 e. The van der Waals surface area contributed by atoms with Crippen LogP contribution in [0.5, 0.6) is 0 Å². The quantitative estimate of drug-likeness (QED) is 0.797. The molecule has 0 aliphatic rings. The first-order chi connectivity index (χ1) is 9.54. The van der Waals surface area contributed by atoms with Gasteiger partial charge in [-0.25, -0.2) is 4.98 Å². The fourth-order valence-corrected chi connectivity index (χ4v) is 2.18. The number of hydrogen-bond donors (Lipinski definition) is 3. The smallest absolute Gasteiger partial charge is 0.251 e. The fourth-order valence-electron chi connectivity index (χ4n) is 1.62. The minimum Gasteiger partial charge on any atom is -0.375 e. The third kappa shape index (κ3) is 3.79. The number of aromatic nitrogens is 1. The summed E-state index contributed by atoms with van der Waals surface area (Å²) in [6, 6.07) is 6.72. The molecule has 0 spiro atoms. The van der Waals surface area contributed by atoms with Crippen LogP contribution in [0.3, 0.4) is 0 Å². The number of carbonyl (C=O) groups is 2. The molecule has 2 amide bonds. The van der Waals surface area contributed by atoms with Crippen LogP contribution >= 0.6 is 11.3 Å². The maximum absolute atomic E-state index is 12.0. The Hall–Kier alpha value is -2.41. The highest BCUT2D eigenvalue weighted by Crippen LogP contribution is 2.12. The molecule has 0 unspecified atom stereocenters. The van der Waals surface area contributed by atoms with Gasteiger partial charge in [0.15, 0.2) is 5.13 Å². The van der Waals surface area contributed by atoms with Crippen molar-refractivity contribution in [1.82, 2.24) is 10.3 Å². The van der Waals surface area contributed by atoms with E-state index in [1.165, 1.54) is 18.3 Å². The zero-order valence-corrected chi connectivity index (χ0v) is 11.7. The minimum atomic E-state index is -0.233. The largest absolute Gasteiger partial charge is 0.375 e. The summed E-state index contributed by atoms with van der Waals surface area (Å²) in [5, 5.41) is 7.65. The summed E-state index contributed by atoms with van der Waals surface area (Å²) in [4.78, 5) is 27.0. The van der Waals surface area contributed by atoms with Crippen molar-refractivity contribution in [2.24, 2.45) is 0 Å². The van der Waals surface area contributed by atoms with Crippen molar-refractivity contribution in [3.8, 4) is 0 Å². The number of anilines is 2. The van der Waals surface area contributed by atoms with E-state index >= 15 is 0 Å². The lowest BCUT2D eigenvalue weighted by Crippen LogP contribution is -2.23. The number of thiazole rings is 1. The van der Waals surface area contributed by atoms with Gasteiger partial charge in [-0.1, -0.05) is 6.07 Å². The van der Waals surface area contributed by atoms with Crippen molar-refractivity contribution < 1.29 is 9.59 Å². The highest BCUT2D eigenvalue weighted by atomic mass is 32.1. The van der Waals surface area contributed by atoms with Gasteiger partial charge in [-0.3, -0.25) is 9.59 Å². The third-order valence-electron chi connectivity index (χ3n) is 2.44. The second-order valence-corrected chi connectivity index (χ2v) is 5.01. The summed E-state index contributed by atoms with van der Waals surface area (Å²) in [6.07, 6.45) is 0. The van der Waals surface area contributed by atoms with Gasteiger partial charge < -0.3 is 16.4 Å². The summed E-state index contributed by atoms with van der Waals surface area (Å²) < 4.78 is 0. The molecule has 0 radical (unpaired) electrons. The van der Waals surface area contributed by atoms with Crippen LogP contribution in [0, 0.1) is 0 Å². The average Bonchev–Trinajstić information content (AvgIpc) is 2.81. The van der Waals surface area contributed by atoms with Crippen molar-refractivity contribution in [2.75, 3.05) is 11.1 Å². The lowest BCUT2D eigenvalue weighted by molar-refractivity contribution is -0.114. The molecule has 0 fully saturated rings. The SMILES string of the molecule is CC(=O)Nc1cccc(C(=O)NCc2csc(N)n2)c1. The second kappa shape index (κ2) is 6.16. The number of nitrogens with zero attached hydrogens (tertiary/aromatic N) is 1. The van der Waals surface area contributed by atoms with E-state index in [4.69, 9.17) is 5.73 Å².